The number of nitrogens with one attached hydrogen (secondary N) is 1. The number of aromatic amines is 1. The van der Waals surface area contributed by atoms with E-state index in [1.807, 2.05) is 0 Å². The zero-order valence-electron chi connectivity index (χ0n) is 9.94. The smallest absolute Gasteiger partial charge is 0.417 e. The highest BCUT2D eigenvalue weighted by Gasteiger charge is 2.09. The molecule has 0 aliphatic heterocycles. The van der Waals surface area contributed by atoms with Crippen LogP contribution in [0.3, 0.4) is 0 Å². The molecule has 0 bridgehead atoms. The zero-order chi connectivity index (χ0) is 14.3. The van der Waals surface area contributed by atoms with Crippen LogP contribution in [0.15, 0.2) is 39.5 Å². The van der Waals surface area contributed by atoms with Gasteiger partial charge in [-0.25, -0.2) is 4.79 Å². The minimum atomic E-state index is -0.550. The van der Waals surface area contributed by atoms with Gasteiger partial charge >= 0.3 is 5.76 Å². The number of hydrogen-bond donors (Lipinski definition) is 2. The highest BCUT2D eigenvalue weighted by Crippen LogP contribution is 2.33. The summed E-state index contributed by atoms with van der Waals surface area (Å²) in [5.41, 5.74) is 7.06. The molecule has 3 rings (SSSR count). The predicted molar refractivity (Wildman–Crippen MR) is 77.8 cm³/mol. The Balaban J connectivity index is 2.02. The molecule has 7 heteroatoms. The van der Waals surface area contributed by atoms with E-state index in [-0.39, 0.29) is 0 Å². The van der Waals surface area contributed by atoms with Crippen molar-refractivity contribution in [2.45, 2.75) is 0 Å². The van der Waals surface area contributed by atoms with E-state index in [9.17, 15) is 4.79 Å². The van der Waals surface area contributed by atoms with Crippen LogP contribution in [0.2, 0.25) is 10.0 Å². The molecule has 0 fully saturated rings. The average Bonchev–Trinajstić information content (AvgIpc) is 2.73. The molecule has 0 aliphatic rings. The van der Waals surface area contributed by atoms with Gasteiger partial charge in [-0.3, -0.25) is 4.98 Å². The van der Waals surface area contributed by atoms with Gasteiger partial charge in [0.15, 0.2) is 11.3 Å². The number of oxazole rings is 1. The Hall–Kier alpha value is -2.11. The molecule has 20 heavy (non-hydrogen) atoms. The van der Waals surface area contributed by atoms with E-state index in [1.54, 1.807) is 24.3 Å². The van der Waals surface area contributed by atoms with Gasteiger partial charge in [0.1, 0.15) is 5.75 Å². The maximum atomic E-state index is 11.1. The van der Waals surface area contributed by atoms with Gasteiger partial charge in [-0.2, -0.15) is 0 Å². The molecule has 0 amide bonds. The lowest BCUT2D eigenvalue weighted by molar-refractivity contribution is 0.485. The number of nitrogens with two attached hydrogens (primary N) is 1. The van der Waals surface area contributed by atoms with Crippen molar-refractivity contribution in [1.29, 1.82) is 0 Å². The van der Waals surface area contributed by atoms with Crippen LogP contribution in [0.25, 0.3) is 11.1 Å². The Morgan fingerprint density at radius 3 is 2.70 bits per heavy atom. The standard InChI is InChI=1S/C13H8Cl2N2O3/c14-7-2-1-6(3-8(7)15)19-11-5-10-12(4-9(11)16)20-13(18)17-10/h1-5H,16H2,(H,17,18). The van der Waals surface area contributed by atoms with Crippen LogP contribution in [-0.4, -0.2) is 4.98 Å². The summed E-state index contributed by atoms with van der Waals surface area (Å²) in [6.07, 6.45) is 0. The Kier molecular flexibility index (Phi) is 3.08. The molecular weight excluding hydrogens is 303 g/mol. The van der Waals surface area contributed by atoms with Crippen LogP contribution in [0.1, 0.15) is 0 Å². The third-order valence-corrected chi connectivity index (χ3v) is 3.41. The summed E-state index contributed by atoms with van der Waals surface area (Å²) in [4.78, 5) is 13.6. The molecule has 102 valence electrons. The van der Waals surface area contributed by atoms with Crippen molar-refractivity contribution >= 4 is 40.0 Å². The largest absolute Gasteiger partial charge is 0.455 e. The first-order valence-corrected chi connectivity index (χ1v) is 6.34. The fourth-order valence-electron chi connectivity index (χ4n) is 1.75. The molecule has 0 spiro atoms. The Morgan fingerprint density at radius 2 is 1.95 bits per heavy atom. The number of ether oxygens (including phenoxy) is 1. The first-order valence-electron chi connectivity index (χ1n) is 5.58. The van der Waals surface area contributed by atoms with E-state index < -0.39 is 5.76 Å². The van der Waals surface area contributed by atoms with Crippen LogP contribution >= 0.6 is 23.2 Å². The quantitative estimate of drug-likeness (QED) is 0.705. The molecule has 0 saturated heterocycles. The number of hydrogen-bond acceptors (Lipinski definition) is 4. The number of anilines is 1. The van der Waals surface area contributed by atoms with Crippen molar-refractivity contribution in [3.05, 3.63) is 50.9 Å². The minimum Gasteiger partial charge on any atom is -0.455 e. The fraction of sp³-hybridized carbons (Fsp3) is 0. The van der Waals surface area contributed by atoms with E-state index >= 15 is 0 Å². The van der Waals surface area contributed by atoms with Gasteiger partial charge < -0.3 is 14.9 Å². The number of H-pyrrole nitrogens is 1. The van der Waals surface area contributed by atoms with E-state index in [4.69, 9.17) is 38.1 Å². The van der Waals surface area contributed by atoms with Crippen LogP contribution in [0, 0.1) is 0 Å². The minimum absolute atomic E-state index is 0.339. The highest BCUT2D eigenvalue weighted by atomic mass is 35.5. The molecular formula is C13H8Cl2N2O3. The van der Waals surface area contributed by atoms with Crippen molar-refractivity contribution in [2.24, 2.45) is 0 Å². The Morgan fingerprint density at radius 1 is 1.15 bits per heavy atom. The first-order chi connectivity index (χ1) is 9.52. The van der Waals surface area contributed by atoms with Gasteiger partial charge in [0.25, 0.3) is 0 Å². The summed E-state index contributed by atoms with van der Waals surface area (Å²) in [6, 6.07) is 7.95. The number of halogens is 2. The predicted octanol–water partition coefficient (Wildman–Crippen LogP) is 3.80. The lowest BCUT2D eigenvalue weighted by atomic mass is 10.2. The van der Waals surface area contributed by atoms with Crippen LogP contribution in [0.4, 0.5) is 5.69 Å². The lowest BCUT2D eigenvalue weighted by Crippen LogP contribution is -1.93. The van der Waals surface area contributed by atoms with E-state index in [1.165, 1.54) is 6.07 Å². The third-order valence-electron chi connectivity index (χ3n) is 2.67. The van der Waals surface area contributed by atoms with Crippen molar-refractivity contribution in [3.8, 4) is 11.5 Å². The fourth-order valence-corrected chi connectivity index (χ4v) is 2.04. The molecule has 3 N–H and O–H groups in total. The second-order valence-electron chi connectivity index (χ2n) is 4.08. The summed E-state index contributed by atoms with van der Waals surface area (Å²) in [5.74, 6) is 0.315. The summed E-state index contributed by atoms with van der Waals surface area (Å²) in [6.45, 7) is 0. The molecule has 5 nitrogen and oxygen atoms in total. The number of fused-ring (bicyclic) bond motifs is 1. The van der Waals surface area contributed by atoms with Crippen molar-refractivity contribution < 1.29 is 9.15 Å². The second-order valence-corrected chi connectivity index (χ2v) is 4.89. The van der Waals surface area contributed by atoms with Crippen LogP contribution < -0.4 is 16.2 Å². The van der Waals surface area contributed by atoms with Gasteiger partial charge in [-0.05, 0) is 12.1 Å². The number of benzene rings is 2. The summed E-state index contributed by atoms with van der Waals surface area (Å²) in [7, 11) is 0. The third kappa shape index (κ3) is 2.33. The van der Waals surface area contributed by atoms with Crippen molar-refractivity contribution in [2.75, 3.05) is 5.73 Å². The number of aromatic nitrogens is 1. The normalized spacial score (nSPS) is 10.9. The maximum absolute atomic E-state index is 11.1. The molecule has 0 atom stereocenters. The van der Waals surface area contributed by atoms with Gasteiger partial charge in [-0.15, -0.1) is 0 Å². The van der Waals surface area contributed by atoms with E-state index in [0.717, 1.165) is 0 Å². The molecule has 0 radical (unpaired) electrons. The molecule has 1 heterocycles. The summed E-state index contributed by atoms with van der Waals surface area (Å²) < 4.78 is 10.5. The van der Waals surface area contributed by atoms with Gasteiger partial charge in [0, 0.05) is 18.2 Å². The molecule has 0 unspecified atom stereocenters. The van der Waals surface area contributed by atoms with Crippen LogP contribution in [0.5, 0.6) is 11.5 Å². The highest BCUT2D eigenvalue weighted by molar-refractivity contribution is 6.42. The molecule has 3 aromatic rings. The van der Waals surface area contributed by atoms with Crippen molar-refractivity contribution in [3.63, 3.8) is 0 Å². The summed E-state index contributed by atoms with van der Waals surface area (Å²) in [5, 5.41) is 0.808. The molecule has 0 aliphatic carbocycles. The van der Waals surface area contributed by atoms with E-state index in [0.29, 0.717) is 38.3 Å². The van der Waals surface area contributed by atoms with Gasteiger partial charge in [0.2, 0.25) is 0 Å². The SMILES string of the molecule is Nc1cc2oc(=O)[nH]c2cc1Oc1ccc(Cl)c(Cl)c1. The second kappa shape index (κ2) is 4.77. The topological polar surface area (TPSA) is 81.2 Å². The number of nitrogen functional groups attached to an aromatic ring is 1. The van der Waals surface area contributed by atoms with Gasteiger partial charge in [-0.1, -0.05) is 23.2 Å². The lowest BCUT2D eigenvalue weighted by Gasteiger charge is -2.09. The Labute approximate surface area is 122 Å². The number of rotatable bonds is 2. The first kappa shape index (κ1) is 12.9. The monoisotopic (exact) mass is 310 g/mol. The van der Waals surface area contributed by atoms with E-state index in [2.05, 4.69) is 4.98 Å². The molecule has 1 aromatic heterocycles. The Bertz CT molecular complexity index is 854. The molecule has 0 saturated carbocycles. The van der Waals surface area contributed by atoms with Crippen LogP contribution in [-0.2, 0) is 0 Å². The van der Waals surface area contributed by atoms with Crippen molar-refractivity contribution in [1.82, 2.24) is 4.98 Å². The maximum Gasteiger partial charge on any atom is 0.417 e. The molecule has 2 aromatic carbocycles. The average molecular weight is 311 g/mol. The zero-order valence-corrected chi connectivity index (χ0v) is 11.5. The van der Waals surface area contributed by atoms with Gasteiger partial charge in [0.05, 0.1) is 21.2 Å². The summed E-state index contributed by atoms with van der Waals surface area (Å²) >= 11 is 11.7.